The average Bonchev–Trinajstić information content (AvgIpc) is 2.47. The summed E-state index contributed by atoms with van der Waals surface area (Å²) in [7, 11) is 0. The molecular weight excluding hydrogens is 186 g/mol. The Morgan fingerprint density at radius 2 is 2.38 bits per heavy atom. The van der Waals surface area contributed by atoms with Gasteiger partial charge in [0.15, 0.2) is 11.3 Å². The maximum atomic E-state index is 5.37. The second-order valence-corrected chi connectivity index (χ2v) is 2.95. The number of aromatic amines is 1. The summed E-state index contributed by atoms with van der Waals surface area (Å²) in [6.07, 6.45) is 0. The van der Waals surface area contributed by atoms with Crippen LogP contribution < -0.4 is 4.74 Å². The molecule has 1 aromatic carbocycles. The molecule has 68 valence electrons. The second kappa shape index (κ2) is 3.22. The molecule has 2 rings (SSSR count). The van der Waals surface area contributed by atoms with E-state index in [0.29, 0.717) is 17.0 Å². The number of fused-ring (bicyclic) bond motifs is 1. The van der Waals surface area contributed by atoms with Crippen molar-refractivity contribution < 1.29 is 9.15 Å². The van der Waals surface area contributed by atoms with Gasteiger partial charge >= 0.3 is 0 Å². The molecule has 0 atom stereocenters. The highest BCUT2D eigenvalue weighted by atomic mass is 32.1. The monoisotopic (exact) mass is 195 g/mol. The zero-order valence-corrected chi connectivity index (χ0v) is 7.98. The van der Waals surface area contributed by atoms with Crippen molar-refractivity contribution in [2.45, 2.75) is 6.92 Å². The quantitative estimate of drug-likeness (QED) is 0.749. The van der Waals surface area contributed by atoms with Gasteiger partial charge in [0, 0.05) is 0 Å². The molecular formula is C9H9NO2S. The van der Waals surface area contributed by atoms with Crippen LogP contribution in [-0.4, -0.2) is 11.6 Å². The lowest BCUT2D eigenvalue weighted by Crippen LogP contribution is -1.90. The normalized spacial score (nSPS) is 10.5. The fourth-order valence-electron chi connectivity index (χ4n) is 1.22. The number of hydrogen-bond donors (Lipinski definition) is 1. The van der Waals surface area contributed by atoms with Crippen LogP contribution in [0, 0.1) is 4.84 Å². The van der Waals surface area contributed by atoms with Gasteiger partial charge in [-0.15, -0.1) is 0 Å². The summed E-state index contributed by atoms with van der Waals surface area (Å²) in [5.74, 6) is 0.729. The number of H-pyrrole nitrogens is 1. The van der Waals surface area contributed by atoms with Crippen LogP contribution in [0.3, 0.4) is 0 Å². The third-order valence-electron chi connectivity index (χ3n) is 1.71. The minimum Gasteiger partial charge on any atom is -0.490 e. The summed E-state index contributed by atoms with van der Waals surface area (Å²) in [4.78, 5) is 3.30. The summed E-state index contributed by atoms with van der Waals surface area (Å²) in [6, 6.07) is 5.66. The first kappa shape index (κ1) is 8.31. The van der Waals surface area contributed by atoms with Crippen molar-refractivity contribution in [3.05, 3.63) is 23.0 Å². The molecule has 0 bridgehead atoms. The summed E-state index contributed by atoms with van der Waals surface area (Å²) in [6.45, 7) is 2.55. The van der Waals surface area contributed by atoms with Gasteiger partial charge in [-0.3, -0.25) is 0 Å². The maximum absolute atomic E-state index is 5.37. The average molecular weight is 195 g/mol. The van der Waals surface area contributed by atoms with Gasteiger partial charge in [0.05, 0.1) is 12.1 Å². The number of para-hydroxylation sites is 1. The zero-order chi connectivity index (χ0) is 9.26. The van der Waals surface area contributed by atoms with Crippen molar-refractivity contribution in [1.82, 2.24) is 4.98 Å². The first-order valence-electron chi connectivity index (χ1n) is 4.06. The molecule has 0 saturated heterocycles. The van der Waals surface area contributed by atoms with Gasteiger partial charge in [-0.1, -0.05) is 6.07 Å². The molecule has 0 spiro atoms. The van der Waals surface area contributed by atoms with E-state index in [9.17, 15) is 0 Å². The highest BCUT2D eigenvalue weighted by Crippen LogP contribution is 2.24. The van der Waals surface area contributed by atoms with Gasteiger partial charge in [-0.05, 0) is 31.3 Å². The minimum atomic E-state index is 0.377. The predicted octanol–water partition coefficient (Wildman–Crippen LogP) is 2.89. The number of rotatable bonds is 2. The van der Waals surface area contributed by atoms with Crippen molar-refractivity contribution in [3.8, 4) is 5.75 Å². The van der Waals surface area contributed by atoms with E-state index in [1.807, 2.05) is 25.1 Å². The molecule has 13 heavy (non-hydrogen) atoms. The van der Waals surface area contributed by atoms with Crippen LogP contribution in [-0.2, 0) is 0 Å². The van der Waals surface area contributed by atoms with Crippen LogP contribution >= 0.6 is 12.2 Å². The Labute approximate surface area is 80.3 Å². The molecule has 0 unspecified atom stereocenters. The van der Waals surface area contributed by atoms with Crippen LogP contribution in [0.1, 0.15) is 6.92 Å². The molecule has 1 N–H and O–H groups in total. The van der Waals surface area contributed by atoms with Crippen molar-refractivity contribution in [2.75, 3.05) is 6.61 Å². The Hall–Kier alpha value is -1.29. The summed E-state index contributed by atoms with van der Waals surface area (Å²) in [5.41, 5.74) is 1.56. The molecule has 0 aliphatic carbocycles. The topological polar surface area (TPSA) is 38.2 Å². The summed E-state index contributed by atoms with van der Waals surface area (Å²) in [5, 5.41) is 0. The van der Waals surface area contributed by atoms with Crippen LogP contribution in [0.4, 0.5) is 0 Å². The van der Waals surface area contributed by atoms with Gasteiger partial charge in [0.25, 0.3) is 4.84 Å². The highest BCUT2D eigenvalue weighted by Gasteiger charge is 2.04. The molecule has 0 radical (unpaired) electrons. The molecule has 0 fully saturated rings. The number of hydrogen-bond acceptors (Lipinski definition) is 3. The number of nitrogens with one attached hydrogen (secondary N) is 1. The lowest BCUT2D eigenvalue weighted by molar-refractivity contribution is 0.338. The summed E-state index contributed by atoms with van der Waals surface area (Å²) >= 11 is 4.88. The fraction of sp³-hybridized carbons (Fsp3) is 0.222. The Bertz CT molecular complexity index is 472. The van der Waals surface area contributed by atoms with E-state index in [1.54, 1.807) is 0 Å². The fourth-order valence-corrected chi connectivity index (χ4v) is 1.41. The maximum Gasteiger partial charge on any atom is 0.267 e. The van der Waals surface area contributed by atoms with E-state index >= 15 is 0 Å². The van der Waals surface area contributed by atoms with E-state index in [4.69, 9.17) is 21.4 Å². The molecule has 0 saturated carbocycles. The smallest absolute Gasteiger partial charge is 0.267 e. The predicted molar refractivity (Wildman–Crippen MR) is 52.6 cm³/mol. The minimum absolute atomic E-state index is 0.377. The molecule has 1 heterocycles. The van der Waals surface area contributed by atoms with E-state index in [2.05, 4.69) is 4.98 Å². The van der Waals surface area contributed by atoms with Crippen LogP contribution in [0.2, 0.25) is 0 Å². The first-order valence-corrected chi connectivity index (χ1v) is 4.46. The van der Waals surface area contributed by atoms with Gasteiger partial charge < -0.3 is 14.1 Å². The lowest BCUT2D eigenvalue weighted by atomic mass is 10.3. The van der Waals surface area contributed by atoms with Crippen molar-refractivity contribution in [1.29, 1.82) is 0 Å². The van der Waals surface area contributed by atoms with E-state index in [1.165, 1.54) is 0 Å². The highest BCUT2D eigenvalue weighted by molar-refractivity contribution is 7.71. The van der Waals surface area contributed by atoms with Crippen molar-refractivity contribution in [3.63, 3.8) is 0 Å². The van der Waals surface area contributed by atoms with Gasteiger partial charge in [-0.2, -0.15) is 0 Å². The molecule has 0 aliphatic rings. The van der Waals surface area contributed by atoms with Crippen LogP contribution in [0.15, 0.2) is 22.6 Å². The largest absolute Gasteiger partial charge is 0.490 e. The zero-order valence-electron chi connectivity index (χ0n) is 7.16. The van der Waals surface area contributed by atoms with Gasteiger partial charge in [0.1, 0.15) is 0 Å². The molecule has 2 aromatic rings. The van der Waals surface area contributed by atoms with Crippen molar-refractivity contribution >= 4 is 23.3 Å². The SMILES string of the molecule is CCOc1cccc2[nH]c(=S)oc12. The standard InChI is InChI=1S/C9H9NO2S/c1-2-11-7-5-3-4-6-8(7)12-9(13)10-6/h3-5H,2H2,1H3,(H,10,13). The molecule has 4 heteroatoms. The second-order valence-electron chi connectivity index (χ2n) is 2.58. The van der Waals surface area contributed by atoms with Crippen LogP contribution in [0.5, 0.6) is 5.75 Å². The van der Waals surface area contributed by atoms with Crippen molar-refractivity contribution in [2.24, 2.45) is 0 Å². The Morgan fingerprint density at radius 1 is 1.54 bits per heavy atom. The molecule has 0 amide bonds. The van der Waals surface area contributed by atoms with Gasteiger partial charge in [-0.25, -0.2) is 0 Å². The number of ether oxygens (including phenoxy) is 1. The third kappa shape index (κ3) is 1.45. The van der Waals surface area contributed by atoms with Gasteiger partial charge in [0.2, 0.25) is 0 Å². The molecule has 1 aromatic heterocycles. The lowest BCUT2D eigenvalue weighted by Gasteiger charge is -2.01. The first-order chi connectivity index (χ1) is 6.31. The number of benzene rings is 1. The van der Waals surface area contributed by atoms with Crippen LogP contribution in [0.25, 0.3) is 11.1 Å². The Balaban J connectivity index is 2.67. The van der Waals surface area contributed by atoms with E-state index in [-0.39, 0.29) is 0 Å². The number of aromatic nitrogens is 1. The van der Waals surface area contributed by atoms with E-state index < -0.39 is 0 Å². The Morgan fingerprint density at radius 3 is 3.15 bits per heavy atom. The Kier molecular flexibility index (Phi) is 2.06. The number of oxazole rings is 1. The molecule has 0 aliphatic heterocycles. The molecule has 3 nitrogen and oxygen atoms in total. The summed E-state index contributed by atoms with van der Waals surface area (Å²) < 4.78 is 10.7. The van der Waals surface area contributed by atoms with E-state index in [0.717, 1.165) is 11.3 Å². The third-order valence-corrected chi connectivity index (χ3v) is 1.90.